The summed E-state index contributed by atoms with van der Waals surface area (Å²) in [6.07, 6.45) is 0.670. The third-order valence-corrected chi connectivity index (χ3v) is 12.0. The fourth-order valence-electron chi connectivity index (χ4n) is 3.71. The number of nitrogens with zero attached hydrogens (tertiary/aromatic N) is 1. The largest absolute Gasteiger partial charge is 0.347 e. The van der Waals surface area contributed by atoms with Crippen LogP contribution in [0.25, 0.3) is 0 Å². The first kappa shape index (κ1) is 18.6. The van der Waals surface area contributed by atoms with E-state index in [9.17, 15) is 9.59 Å². The zero-order valence-electron chi connectivity index (χ0n) is 15.9. The van der Waals surface area contributed by atoms with E-state index in [0.717, 1.165) is 6.04 Å². The van der Waals surface area contributed by atoms with Gasteiger partial charge in [-0.2, -0.15) is 5.48 Å². The van der Waals surface area contributed by atoms with Gasteiger partial charge in [0.15, 0.2) is 6.23 Å². The van der Waals surface area contributed by atoms with Crippen molar-refractivity contribution >= 4 is 8.07 Å². The molecule has 0 radical (unpaired) electrons. The lowest BCUT2D eigenvalue weighted by Crippen LogP contribution is -2.56. The summed E-state index contributed by atoms with van der Waals surface area (Å²) in [4.78, 5) is 31.6. The number of aromatic nitrogens is 2. The Morgan fingerprint density at radius 2 is 2.04 bits per heavy atom. The molecule has 2 fully saturated rings. The van der Waals surface area contributed by atoms with Crippen LogP contribution in [-0.2, 0) is 9.57 Å². The van der Waals surface area contributed by atoms with Gasteiger partial charge in [0.2, 0.25) is 0 Å². The van der Waals surface area contributed by atoms with Crippen molar-refractivity contribution in [3.05, 3.63) is 33.1 Å². The molecule has 4 atom stereocenters. The minimum Gasteiger partial charge on any atom is -0.347 e. The molecule has 7 nitrogen and oxygen atoms in total. The maximum atomic E-state index is 12.2. The third kappa shape index (κ3) is 3.05. The quantitative estimate of drug-likeness (QED) is 0.797. The maximum absolute atomic E-state index is 12.2. The van der Waals surface area contributed by atoms with Crippen molar-refractivity contribution in [2.45, 2.75) is 69.8 Å². The Kier molecular flexibility index (Phi) is 4.38. The predicted octanol–water partition coefficient (Wildman–Crippen LogP) is 1.85. The summed E-state index contributed by atoms with van der Waals surface area (Å²) in [5.41, 5.74) is 1.78. The van der Waals surface area contributed by atoms with Gasteiger partial charge in [-0.3, -0.25) is 19.2 Å². The molecule has 1 aromatic heterocycles. The van der Waals surface area contributed by atoms with Crippen LogP contribution in [0.4, 0.5) is 0 Å². The highest BCUT2D eigenvalue weighted by atomic mass is 28.3. The highest BCUT2D eigenvalue weighted by Crippen LogP contribution is 2.52. The van der Waals surface area contributed by atoms with Crippen LogP contribution < -0.4 is 16.7 Å². The number of hydrogen-bond donors (Lipinski definition) is 2. The summed E-state index contributed by atoms with van der Waals surface area (Å²) in [6, 6.07) is 2.32. The Bertz CT molecular complexity index is 766. The van der Waals surface area contributed by atoms with Gasteiger partial charge in [0.05, 0.1) is 20.2 Å². The molecular weight excluding hydrogens is 338 g/mol. The normalized spacial score (nSPS) is 32.8. The maximum Gasteiger partial charge on any atom is 0.330 e. The SMILES string of the molecule is C[C@H]1[C@H]2ONC[C@]1(C[Si](C)(C)C(C)(C)C)O[C@H]2n1ccc(=O)[nH]c1=O. The Balaban J connectivity index is 1.97. The summed E-state index contributed by atoms with van der Waals surface area (Å²) >= 11 is 0. The van der Waals surface area contributed by atoms with Crippen LogP contribution in [0.15, 0.2) is 21.9 Å². The van der Waals surface area contributed by atoms with Crippen molar-refractivity contribution < 1.29 is 9.57 Å². The van der Waals surface area contributed by atoms with E-state index < -0.39 is 25.6 Å². The van der Waals surface area contributed by atoms with Crippen LogP contribution in [0.3, 0.4) is 0 Å². The molecule has 8 heteroatoms. The molecular formula is C17H29N3O4Si. The molecule has 0 spiro atoms. The molecule has 140 valence electrons. The molecule has 2 aliphatic heterocycles. The molecule has 0 aromatic carbocycles. The lowest BCUT2D eigenvalue weighted by atomic mass is 9.87. The Labute approximate surface area is 148 Å². The van der Waals surface area contributed by atoms with Gasteiger partial charge in [0.25, 0.3) is 5.56 Å². The average Bonchev–Trinajstić information content (AvgIpc) is 2.63. The summed E-state index contributed by atoms with van der Waals surface area (Å²) in [5, 5.41) is 0.242. The van der Waals surface area contributed by atoms with Crippen LogP contribution in [-0.4, -0.2) is 35.9 Å². The third-order valence-electron chi connectivity index (χ3n) is 6.45. The second-order valence-electron chi connectivity index (χ2n) is 9.09. The lowest BCUT2D eigenvalue weighted by Gasteiger charge is -2.46. The Hall–Kier alpha value is -1.22. The van der Waals surface area contributed by atoms with E-state index in [2.05, 4.69) is 51.3 Å². The zero-order valence-corrected chi connectivity index (χ0v) is 16.9. The standard InChI is InChI=1S/C17H29N3O4Si/c1-11-13-14(20-8-7-12(21)19-15(20)22)23-17(11,9-18-24-13)10-25(5,6)16(2,3)4/h7-8,11,13-14,18H,9-10H2,1-6H3,(H,19,21,22)/t11-,13+,14+,17+/m0/s1. The van der Waals surface area contributed by atoms with Gasteiger partial charge in [-0.15, -0.1) is 0 Å². The van der Waals surface area contributed by atoms with Crippen molar-refractivity contribution in [2.75, 3.05) is 6.54 Å². The van der Waals surface area contributed by atoms with E-state index in [1.807, 2.05) is 0 Å². The van der Waals surface area contributed by atoms with E-state index in [1.165, 1.54) is 16.8 Å². The number of hydroxylamine groups is 1. The van der Waals surface area contributed by atoms with Crippen LogP contribution in [0, 0.1) is 5.92 Å². The molecule has 2 N–H and O–H groups in total. The van der Waals surface area contributed by atoms with Crippen LogP contribution in [0.2, 0.25) is 24.2 Å². The van der Waals surface area contributed by atoms with E-state index in [0.29, 0.717) is 6.54 Å². The lowest BCUT2D eigenvalue weighted by molar-refractivity contribution is -0.0955. The molecule has 3 rings (SSSR count). The molecule has 2 aliphatic rings. The molecule has 0 amide bonds. The fraction of sp³-hybridized carbons (Fsp3) is 0.765. The van der Waals surface area contributed by atoms with Gasteiger partial charge < -0.3 is 4.74 Å². The van der Waals surface area contributed by atoms with Crippen molar-refractivity contribution in [2.24, 2.45) is 5.92 Å². The topological polar surface area (TPSA) is 85.3 Å². The number of hydrogen-bond acceptors (Lipinski definition) is 5. The molecule has 2 bridgehead atoms. The number of H-pyrrole nitrogens is 1. The monoisotopic (exact) mass is 367 g/mol. The average molecular weight is 368 g/mol. The van der Waals surface area contributed by atoms with Crippen molar-refractivity contribution in [1.29, 1.82) is 0 Å². The second-order valence-corrected chi connectivity index (χ2v) is 14.7. The predicted molar refractivity (Wildman–Crippen MR) is 98.2 cm³/mol. The molecule has 1 aromatic rings. The molecule has 0 unspecified atom stereocenters. The molecule has 2 saturated heterocycles. The highest BCUT2D eigenvalue weighted by Gasteiger charge is 2.59. The van der Waals surface area contributed by atoms with Gasteiger partial charge in [-0.05, 0) is 11.1 Å². The zero-order chi connectivity index (χ0) is 18.6. The van der Waals surface area contributed by atoms with Crippen LogP contribution in [0.5, 0.6) is 0 Å². The summed E-state index contributed by atoms with van der Waals surface area (Å²) in [5.74, 6) is 0.145. The number of nitrogens with one attached hydrogen (secondary N) is 2. The second kappa shape index (κ2) is 5.90. The first-order chi connectivity index (χ1) is 11.5. The molecule has 3 heterocycles. The van der Waals surface area contributed by atoms with Gasteiger partial charge in [-0.1, -0.05) is 40.8 Å². The van der Waals surface area contributed by atoms with E-state index in [-0.39, 0.29) is 22.7 Å². The number of fused-ring (bicyclic) bond motifs is 2. The van der Waals surface area contributed by atoms with E-state index in [1.54, 1.807) is 0 Å². The molecule has 0 saturated carbocycles. The Morgan fingerprint density at radius 3 is 2.64 bits per heavy atom. The number of rotatable bonds is 3. The van der Waals surface area contributed by atoms with Gasteiger partial charge >= 0.3 is 5.69 Å². The first-order valence-electron chi connectivity index (χ1n) is 8.85. The minimum atomic E-state index is -1.62. The fourth-order valence-corrected chi connectivity index (χ4v) is 6.26. The van der Waals surface area contributed by atoms with Crippen molar-refractivity contribution in [3.8, 4) is 0 Å². The van der Waals surface area contributed by atoms with Gasteiger partial charge in [-0.25, -0.2) is 4.79 Å². The Morgan fingerprint density at radius 1 is 1.36 bits per heavy atom. The van der Waals surface area contributed by atoms with E-state index >= 15 is 0 Å². The van der Waals surface area contributed by atoms with Gasteiger partial charge in [0, 0.05) is 18.2 Å². The molecule has 25 heavy (non-hydrogen) atoms. The first-order valence-corrected chi connectivity index (χ1v) is 12.1. The minimum absolute atomic E-state index is 0.145. The van der Waals surface area contributed by atoms with Gasteiger partial charge in [0.1, 0.15) is 6.10 Å². The van der Waals surface area contributed by atoms with Crippen LogP contribution in [0.1, 0.15) is 33.9 Å². The molecule has 0 aliphatic carbocycles. The smallest absolute Gasteiger partial charge is 0.330 e. The van der Waals surface area contributed by atoms with Crippen molar-refractivity contribution in [3.63, 3.8) is 0 Å². The summed E-state index contributed by atoms with van der Waals surface area (Å²) < 4.78 is 7.94. The van der Waals surface area contributed by atoms with Crippen LogP contribution >= 0.6 is 0 Å². The van der Waals surface area contributed by atoms with Crippen molar-refractivity contribution in [1.82, 2.24) is 15.0 Å². The summed E-state index contributed by atoms with van der Waals surface area (Å²) in [6.45, 7) is 14.4. The van der Waals surface area contributed by atoms with E-state index in [4.69, 9.17) is 9.57 Å². The number of aromatic amines is 1. The summed E-state index contributed by atoms with van der Waals surface area (Å²) in [7, 11) is -1.62. The highest BCUT2D eigenvalue weighted by molar-refractivity contribution is 6.80. The number of ether oxygens (including phenoxy) is 1.